The van der Waals surface area contributed by atoms with Gasteiger partial charge in [-0.2, -0.15) is 11.8 Å². The van der Waals surface area contributed by atoms with Crippen molar-refractivity contribution in [3.63, 3.8) is 0 Å². The molecule has 2 amide bonds. The van der Waals surface area contributed by atoms with E-state index in [0.717, 1.165) is 11.3 Å². The van der Waals surface area contributed by atoms with Gasteiger partial charge in [0.15, 0.2) is 0 Å². The van der Waals surface area contributed by atoms with Crippen LogP contribution in [0.15, 0.2) is 30.3 Å². The zero-order valence-electron chi connectivity index (χ0n) is 13.9. The second-order valence-electron chi connectivity index (χ2n) is 5.07. The molecule has 1 rings (SSSR count). The lowest BCUT2D eigenvalue weighted by Crippen LogP contribution is -2.41. The molecule has 0 aromatic heterocycles. The molecule has 1 aromatic rings. The number of benzene rings is 1. The number of aliphatic carboxylic acids is 1. The Morgan fingerprint density at radius 2 is 1.83 bits per heavy atom. The first-order valence-corrected chi connectivity index (χ1v) is 8.75. The number of primary amides is 1. The van der Waals surface area contributed by atoms with Crippen molar-refractivity contribution in [3.05, 3.63) is 35.9 Å². The van der Waals surface area contributed by atoms with Crippen LogP contribution in [0.4, 0.5) is 0 Å². The summed E-state index contributed by atoms with van der Waals surface area (Å²) in [7, 11) is 0. The molecule has 0 saturated heterocycles. The van der Waals surface area contributed by atoms with Gasteiger partial charge in [-0.25, -0.2) is 4.79 Å². The normalized spacial score (nSPS) is 12.3. The van der Waals surface area contributed by atoms with E-state index in [-0.39, 0.29) is 5.91 Å². The van der Waals surface area contributed by atoms with E-state index in [1.54, 1.807) is 11.8 Å². The van der Waals surface area contributed by atoms with Gasteiger partial charge in [-0.1, -0.05) is 30.3 Å². The van der Waals surface area contributed by atoms with E-state index in [1.807, 2.05) is 36.6 Å². The summed E-state index contributed by atoms with van der Waals surface area (Å²) >= 11 is 1.66. The molecule has 7 nitrogen and oxygen atoms in total. The van der Waals surface area contributed by atoms with Crippen LogP contribution in [0.25, 0.3) is 0 Å². The maximum Gasteiger partial charge on any atom is 0.326 e. The van der Waals surface area contributed by atoms with Crippen LogP contribution in [0, 0.1) is 0 Å². The van der Waals surface area contributed by atoms with Gasteiger partial charge < -0.3 is 21.9 Å². The van der Waals surface area contributed by atoms with Gasteiger partial charge in [-0.15, -0.1) is 0 Å². The van der Waals surface area contributed by atoms with Crippen molar-refractivity contribution in [2.45, 2.75) is 31.8 Å². The molecule has 0 saturated carbocycles. The topological polar surface area (TPSA) is 136 Å². The number of carboxylic acids is 1. The Balaban J connectivity index is 0.000000506. The maximum absolute atomic E-state index is 10.8. The van der Waals surface area contributed by atoms with Crippen molar-refractivity contribution in [2.24, 2.45) is 11.5 Å². The molecule has 6 N–H and O–H groups in total. The first kappa shape index (κ1) is 21.9. The van der Waals surface area contributed by atoms with Crippen LogP contribution in [-0.4, -0.2) is 47.0 Å². The number of rotatable bonds is 8. The number of amides is 2. The predicted molar refractivity (Wildman–Crippen MR) is 95.6 cm³/mol. The Morgan fingerprint density at radius 1 is 1.25 bits per heavy atom. The summed E-state index contributed by atoms with van der Waals surface area (Å²) < 4.78 is 0. The Morgan fingerprint density at radius 3 is 2.25 bits per heavy atom. The quantitative estimate of drug-likeness (QED) is 0.532. The molecule has 0 aliphatic carbocycles. The highest BCUT2D eigenvalue weighted by atomic mass is 32.2. The highest BCUT2D eigenvalue weighted by Crippen LogP contribution is 2.03. The van der Waals surface area contributed by atoms with E-state index in [1.165, 1.54) is 6.92 Å². The molecule has 0 bridgehead atoms. The van der Waals surface area contributed by atoms with Gasteiger partial charge in [0, 0.05) is 13.3 Å². The molecule has 8 heteroatoms. The molecule has 134 valence electrons. The molecule has 0 fully saturated rings. The number of carbonyl (C=O) groups is 3. The van der Waals surface area contributed by atoms with Crippen molar-refractivity contribution in [3.8, 4) is 0 Å². The molecule has 2 atom stereocenters. The molecule has 0 unspecified atom stereocenters. The molecular weight excluding hydrogens is 330 g/mol. The van der Waals surface area contributed by atoms with Crippen molar-refractivity contribution in [1.82, 2.24) is 5.32 Å². The van der Waals surface area contributed by atoms with Crippen LogP contribution < -0.4 is 16.8 Å². The smallest absolute Gasteiger partial charge is 0.326 e. The zero-order chi connectivity index (χ0) is 18.5. The molecule has 0 aliphatic rings. The number of carbonyl (C=O) groups excluding carboxylic acids is 2. The first-order valence-electron chi connectivity index (χ1n) is 7.35. The number of hydrogen-bond acceptors (Lipinski definition) is 5. The third-order valence-corrected chi connectivity index (χ3v) is 3.60. The van der Waals surface area contributed by atoms with Gasteiger partial charge >= 0.3 is 5.97 Å². The van der Waals surface area contributed by atoms with Crippen LogP contribution in [-0.2, 0) is 20.8 Å². The number of hydrogen-bond donors (Lipinski definition) is 4. The monoisotopic (exact) mass is 355 g/mol. The van der Waals surface area contributed by atoms with Gasteiger partial charge in [0.1, 0.15) is 6.04 Å². The van der Waals surface area contributed by atoms with Crippen LogP contribution >= 0.6 is 11.8 Å². The minimum atomic E-state index is -1.02. The summed E-state index contributed by atoms with van der Waals surface area (Å²) in [6, 6.07) is 7.87. The van der Waals surface area contributed by atoms with Crippen molar-refractivity contribution in [1.29, 1.82) is 0 Å². The summed E-state index contributed by atoms with van der Waals surface area (Å²) in [6.07, 6.45) is 2.94. The fraction of sp³-hybridized carbons (Fsp3) is 0.438. The Bertz CT molecular complexity index is 525. The second-order valence-corrected chi connectivity index (χ2v) is 6.06. The Labute approximate surface area is 146 Å². The first-order chi connectivity index (χ1) is 11.3. The molecule has 0 spiro atoms. The van der Waals surface area contributed by atoms with Crippen LogP contribution in [0.1, 0.15) is 18.9 Å². The number of carboxylic acid groups (broad SMARTS) is 1. The molecule has 1 aromatic carbocycles. The van der Waals surface area contributed by atoms with E-state index >= 15 is 0 Å². The van der Waals surface area contributed by atoms with Gasteiger partial charge in [-0.3, -0.25) is 9.59 Å². The number of thioether (sulfide) groups is 1. The molecule has 0 aliphatic heterocycles. The van der Waals surface area contributed by atoms with E-state index < -0.39 is 24.0 Å². The Kier molecular flexibility index (Phi) is 11.3. The summed E-state index contributed by atoms with van der Waals surface area (Å²) in [4.78, 5) is 31.9. The highest BCUT2D eigenvalue weighted by Gasteiger charge is 2.18. The predicted octanol–water partition coefficient (Wildman–Crippen LogP) is 0.371. The van der Waals surface area contributed by atoms with E-state index in [0.29, 0.717) is 12.8 Å². The van der Waals surface area contributed by atoms with Gasteiger partial charge in [0.05, 0.1) is 6.04 Å². The number of nitrogens with two attached hydrogens (primary N) is 2. The average molecular weight is 355 g/mol. The minimum absolute atomic E-state index is 0.301. The van der Waals surface area contributed by atoms with Crippen LogP contribution in [0.3, 0.4) is 0 Å². The summed E-state index contributed by atoms with van der Waals surface area (Å²) in [6.45, 7) is 1.31. The highest BCUT2D eigenvalue weighted by molar-refractivity contribution is 7.98. The minimum Gasteiger partial charge on any atom is -0.480 e. The SMILES string of the molecule is CC(=O)N[C@@H](Cc1ccccc1)C(=O)O.CSCC[C@H](N)C(N)=O. The second kappa shape index (κ2) is 12.4. The van der Waals surface area contributed by atoms with Crippen molar-refractivity contribution < 1.29 is 19.5 Å². The van der Waals surface area contributed by atoms with E-state index in [2.05, 4.69) is 5.32 Å². The fourth-order valence-corrected chi connectivity index (χ4v) is 2.17. The van der Waals surface area contributed by atoms with Gasteiger partial charge in [0.2, 0.25) is 11.8 Å². The zero-order valence-corrected chi connectivity index (χ0v) is 14.7. The van der Waals surface area contributed by atoms with Gasteiger partial charge in [-0.05, 0) is 24.0 Å². The van der Waals surface area contributed by atoms with E-state index in [9.17, 15) is 14.4 Å². The molecule has 0 radical (unpaired) electrons. The Hall–Kier alpha value is -2.06. The lowest BCUT2D eigenvalue weighted by atomic mass is 10.1. The lowest BCUT2D eigenvalue weighted by molar-refractivity contribution is -0.141. The third kappa shape index (κ3) is 10.6. The summed E-state index contributed by atoms with van der Waals surface area (Å²) in [5, 5.41) is 11.3. The van der Waals surface area contributed by atoms with E-state index in [4.69, 9.17) is 16.6 Å². The molecular formula is C16H25N3O4S. The number of nitrogens with one attached hydrogen (secondary N) is 1. The summed E-state index contributed by atoms with van der Waals surface area (Å²) in [5.41, 5.74) is 11.1. The molecule has 24 heavy (non-hydrogen) atoms. The largest absolute Gasteiger partial charge is 0.480 e. The fourth-order valence-electron chi connectivity index (χ4n) is 1.68. The standard InChI is InChI=1S/C11H13NO3.C5H12N2OS/c1-8(13)12-10(11(14)15)7-9-5-3-2-4-6-9;1-9-3-2-4(6)5(7)8/h2-6,10H,7H2,1H3,(H,12,13)(H,14,15);4H,2-3,6H2,1H3,(H2,7,8)/t10-;4-/m00/s1. The molecule has 0 heterocycles. The van der Waals surface area contributed by atoms with Gasteiger partial charge in [0.25, 0.3) is 0 Å². The average Bonchev–Trinajstić information content (AvgIpc) is 2.53. The lowest BCUT2D eigenvalue weighted by Gasteiger charge is -2.12. The van der Waals surface area contributed by atoms with Crippen LogP contribution in [0.2, 0.25) is 0 Å². The maximum atomic E-state index is 10.8. The van der Waals surface area contributed by atoms with Crippen LogP contribution in [0.5, 0.6) is 0 Å². The third-order valence-electron chi connectivity index (χ3n) is 2.96. The van der Waals surface area contributed by atoms with Crippen molar-refractivity contribution >= 4 is 29.5 Å². The van der Waals surface area contributed by atoms with Crippen molar-refractivity contribution in [2.75, 3.05) is 12.0 Å². The summed E-state index contributed by atoms with van der Waals surface area (Å²) in [5.74, 6) is -0.874.